The molecule has 0 aliphatic rings. The Kier molecular flexibility index (Phi) is 5.87. The number of benzene rings is 2. The van der Waals surface area contributed by atoms with Gasteiger partial charge in [0.05, 0.1) is 31.5 Å². The van der Waals surface area contributed by atoms with E-state index in [0.717, 1.165) is 17.2 Å². The van der Waals surface area contributed by atoms with Crippen molar-refractivity contribution in [1.29, 1.82) is 5.26 Å². The molecule has 0 fully saturated rings. The van der Waals surface area contributed by atoms with Crippen LogP contribution < -0.4 is 9.80 Å². The summed E-state index contributed by atoms with van der Waals surface area (Å²) in [7, 11) is 2.46. The molecule has 0 spiro atoms. The van der Waals surface area contributed by atoms with Gasteiger partial charge in [0, 0.05) is 5.56 Å². The number of nitriles is 1. The van der Waals surface area contributed by atoms with Crippen LogP contribution in [0.4, 0.5) is 19.3 Å². The van der Waals surface area contributed by atoms with E-state index in [4.69, 9.17) is 14.8 Å². The van der Waals surface area contributed by atoms with Crippen LogP contribution in [-0.2, 0) is 16.2 Å². The summed E-state index contributed by atoms with van der Waals surface area (Å²) in [5.41, 5.74) is 0.572. The first-order valence-corrected chi connectivity index (χ1v) is 7.03. The zero-order chi connectivity index (χ0) is 18.4. The minimum absolute atomic E-state index is 0.154. The number of rotatable bonds is 5. The first-order valence-electron chi connectivity index (χ1n) is 7.03. The minimum atomic E-state index is -0.995. The lowest BCUT2D eigenvalue weighted by Crippen LogP contribution is -2.30. The maximum absolute atomic E-state index is 13.9. The highest BCUT2D eigenvalue weighted by Crippen LogP contribution is 2.27. The van der Waals surface area contributed by atoms with E-state index < -0.39 is 23.5 Å². The molecular weight excluding hydrogens is 334 g/mol. The van der Waals surface area contributed by atoms with Crippen molar-refractivity contribution in [2.24, 2.45) is 0 Å². The van der Waals surface area contributed by atoms with E-state index in [2.05, 4.69) is 4.74 Å². The molecule has 0 unspecified atom stereocenters. The summed E-state index contributed by atoms with van der Waals surface area (Å²) in [6.07, 6.45) is -0.773. The van der Waals surface area contributed by atoms with Crippen molar-refractivity contribution >= 4 is 11.8 Å². The quantitative estimate of drug-likeness (QED) is 0.773. The van der Waals surface area contributed by atoms with Gasteiger partial charge >= 0.3 is 6.09 Å². The molecule has 2 aromatic rings. The van der Waals surface area contributed by atoms with E-state index in [1.165, 1.54) is 14.2 Å². The highest BCUT2D eigenvalue weighted by Gasteiger charge is 2.20. The molecule has 0 saturated heterocycles. The fraction of sp³-hybridized carbons (Fsp3) is 0.176. The fourth-order valence-electron chi connectivity index (χ4n) is 2.10. The number of para-hydroxylation sites is 1. The third-order valence-corrected chi connectivity index (χ3v) is 3.23. The first kappa shape index (κ1) is 18.2. The number of methoxy groups -OCH3 is 1. The van der Waals surface area contributed by atoms with Crippen LogP contribution in [0.5, 0.6) is 5.75 Å². The Balaban J connectivity index is 2.28. The lowest BCUT2D eigenvalue weighted by Gasteiger charge is -2.21. The maximum atomic E-state index is 13.9. The van der Waals surface area contributed by atoms with Gasteiger partial charge in [-0.3, -0.25) is 4.84 Å². The minimum Gasteiger partial charge on any atom is -0.483 e. The van der Waals surface area contributed by atoms with Gasteiger partial charge in [-0.1, -0.05) is 18.2 Å². The van der Waals surface area contributed by atoms with E-state index in [0.29, 0.717) is 11.3 Å². The number of carbonyl (C=O) groups is 1. The van der Waals surface area contributed by atoms with E-state index in [1.807, 2.05) is 0 Å². The molecule has 1 amide bonds. The molecule has 8 heteroatoms. The molecule has 0 radical (unpaired) electrons. The van der Waals surface area contributed by atoms with Gasteiger partial charge in [-0.05, 0) is 18.2 Å². The van der Waals surface area contributed by atoms with Crippen molar-refractivity contribution in [2.45, 2.75) is 6.61 Å². The molecule has 2 rings (SSSR count). The van der Waals surface area contributed by atoms with Crippen LogP contribution in [0.25, 0.3) is 0 Å². The molecule has 130 valence electrons. The Morgan fingerprint density at radius 1 is 1.20 bits per heavy atom. The second kappa shape index (κ2) is 8.08. The summed E-state index contributed by atoms with van der Waals surface area (Å²) in [5, 5.41) is 9.58. The Morgan fingerprint density at radius 3 is 2.40 bits per heavy atom. The summed E-state index contributed by atoms with van der Waals surface area (Å²) < 4.78 is 37.6. The fourth-order valence-corrected chi connectivity index (χ4v) is 2.10. The average molecular weight is 348 g/mol. The van der Waals surface area contributed by atoms with Gasteiger partial charge in [0.1, 0.15) is 6.61 Å². The molecule has 0 N–H and O–H groups in total. The molecular formula is C17H14F2N2O4. The Labute approximate surface area is 142 Å². The predicted molar refractivity (Wildman–Crippen MR) is 83.7 cm³/mol. The van der Waals surface area contributed by atoms with Crippen LogP contribution in [-0.4, -0.2) is 20.3 Å². The van der Waals surface area contributed by atoms with Crippen LogP contribution in [0.3, 0.4) is 0 Å². The topological polar surface area (TPSA) is 71.8 Å². The summed E-state index contributed by atoms with van der Waals surface area (Å²) >= 11 is 0. The Hall–Kier alpha value is -3.18. The lowest BCUT2D eigenvalue weighted by molar-refractivity contribution is 0.115. The van der Waals surface area contributed by atoms with Crippen molar-refractivity contribution in [3.05, 3.63) is 59.2 Å². The SMILES string of the molecule is COC(=O)N(OC)c1ccccc1COc1c(F)cc(C#N)cc1F. The number of carbonyl (C=O) groups excluding carboxylic acids is 1. The number of amides is 1. The second-order valence-corrected chi connectivity index (χ2v) is 4.75. The van der Waals surface area contributed by atoms with E-state index in [9.17, 15) is 13.6 Å². The van der Waals surface area contributed by atoms with Gasteiger partial charge in [-0.25, -0.2) is 13.6 Å². The van der Waals surface area contributed by atoms with Crippen LogP contribution in [0.2, 0.25) is 0 Å². The Bertz CT molecular complexity index is 798. The van der Waals surface area contributed by atoms with Crippen molar-refractivity contribution in [2.75, 3.05) is 19.3 Å². The van der Waals surface area contributed by atoms with Gasteiger partial charge < -0.3 is 9.47 Å². The number of nitrogens with zero attached hydrogens (tertiary/aromatic N) is 2. The zero-order valence-corrected chi connectivity index (χ0v) is 13.5. The van der Waals surface area contributed by atoms with Crippen LogP contribution >= 0.6 is 0 Å². The van der Waals surface area contributed by atoms with Crippen LogP contribution in [0, 0.1) is 23.0 Å². The van der Waals surface area contributed by atoms with E-state index in [-0.39, 0.29) is 12.2 Å². The number of hydrogen-bond donors (Lipinski definition) is 0. The monoisotopic (exact) mass is 348 g/mol. The highest BCUT2D eigenvalue weighted by molar-refractivity contribution is 5.86. The van der Waals surface area contributed by atoms with Crippen LogP contribution in [0.15, 0.2) is 36.4 Å². The van der Waals surface area contributed by atoms with Gasteiger partial charge in [-0.15, -0.1) is 0 Å². The normalized spacial score (nSPS) is 10.0. The predicted octanol–water partition coefficient (Wildman–Crippen LogP) is 3.55. The number of ether oxygens (including phenoxy) is 2. The largest absolute Gasteiger partial charge is 0.483 e. The molecule has 0 aromatic heterocycles. The first-order chi connectivity index (χ1) is 12.0. The molecule has 0 saturated carbocycles. The molecule has 0 aliphatic heterocycles. The van der Waals surface area contributed by atoms with Gasteiger partial charge in [-0.2, -0.15) is 10.3 Å². The number of hydroxylamine groups is 1. The number of halogens is 2. The summed E-state index contributed by atoms with van der Waals surface area (Å²) in [4.78, 5) is 16.7. The Morgan fingerprint density at radius 2 is 1.84 bits per heavy atom. The molecule has 0 bridgehead atoms. The van der Waals surface area contributed by atoms with Crippen LogP contribution in [0.1, 0.15) is 11.1 Å². The molecule has 0 atom stereocenters. The van der Waals surface area contributed by atoms with Crippen molar-refractivity contribution in [3.8, 4) is 11.8 Å². The van der Waals surface area contributed by atoms with Gasteiger partial charge in [0.15, 0.2) is 17.4 Å². The van der Waals surface area contributed by atoms with Gasteiger partial charge in [0.25, 0.3) is 0 Å². The van der Waals surface area contributed by atoms with Gasteiger partial charge in [0.2, 0.25) is 0 Å². The summed E-state index contributed by atoms with van der Waals surface area (Å²) in [6, 6.07) is 9.88. The average Bonchev–Trinajstić information content (AvgIpc) is 2.62. The smallest absolute Gasteiger partial charge is 0.438 e. The molecule has 0 heterocycles. The zero-order valence-electron chi connectivity index (χ0n) is 13.5. The van der Waals surface area contributed by atoms with Crippen molar-refractivity contribution in [1.82, 2.24) is 0 Å². The molecule has 25 heavy (non-hydrogen) atoms. The highest BCUT2D eigenvalue weighted by atomic mass is 19.1. The lowest BCUT2D eigenvalue weighted by atomic mass is 10.2. The van der Waals surface area contributed by atoms with E-state index in [1.54, 1.807) is 30.3 Å². The third kappa shape index (κ3) is 4.02. The molecule has 0 aliphatic carbocycles. The second-order valence-electron chi connectivity index (χ2n) is 4.75. The maximum Gasteiger partial charge on any atom is 0.438 e. The summed E-state index contributed by atoms with van der Waals surface area (Å²) in [6.45, 7) is -0.243. The molecule has 2 aromatic carbocycles. The summed E-state index contributed by atoms with van der Waals surface area (Å²) in [5.74, 6) is -2.60. The van der Waals surface area contributed by atoms with Crippen molar-refractivity contribution < 1.29 is 27.9 Å². The number of anilines is 1. The number of hydrogen-bond acceptors (Lipinski definition) is 5. The third-order valence-electron chi connectivity index (χ3n) is 3.23. The van der Waals surface area contributed by atoms with Crippen molar-refractivity contribution in [3.63, 3.8) is 0 Å². The standard InChI is InChI=1S/C17H14F2N2O4/c1-23-17(22)21(24-2)15-6-4-3-5-12(15)10-25-16-13(18)7-11(9-20)8-14(16)19/h3-8H,10H2,1-2H3. The van der Waals surface area contributed by atoms with E-state index >= 15 is 0 Å². The molecule has 6 nitrogen and oxygen atoms in total.